The fourth-order valence-corrected chi connectivity index (χ4v) is 2.87. The largest absolute Gasteiger partial charge is 0.478 e. The van der Waals surface area contributed by atoms with Crippen LogP contribution in [0.25, 0.3) is 0 Å². The number of carbonyl (C=O) groups excluding carboxylic acids is 1. The van der Waals surface area contributed by atoms with Gasteiger partial charge in [-0.3, -0.25) is 4.79 Å². The van der Waals surface area contributed by atoms with E-state index in [-0.39, 0.29) is 11.8 Å². The highest BCUT2D eigenvalue weighted by molar-refractivity contribution is 7.13. The van der Waals surface area contributed by atoms with Crippen LogP contribution in [0.5, 0.6) is 0 Å². The molecule has 1 aliphatic rings. The third-order valence-corrected chi connectivity index (χ3v) is 4.19. The Morgan fingerprint density at radius 3 is 3.00 bits per heavy atom. The maximum Gasteiger partial charge on any atom is 0.478 e. The molecular formula is C12H17BN2O4S. The Kier molecular flexibility index (Phi) is 5.16. The molecule has 2 atom stereocenters. The molecule has 1 fully saturated rings. The highest BCUT2D eigenvalue weighted by Gasteiger charge is 2.36. The molecule has 1 aliphatic heterocycles. The van der Waals surface area contributed by atoms with Gasteiger partial charge in [-0.25, -0.2) is 0 Å². The first kappa shape index (κ1) is 15.0. The lowest BCUT2D eigenvalue weighted by Crippen LogP contribution is -2.54. The average Bonchev–Trinajstić information content (AvgIpc) is 2.96. The van der Waals surface area contributed by atoms with E-state index in [0.717, 1.165) is 12.8 Å². The SMILES string of the molecule is CCC1CCC(NC(=O)/C(=N/O)c2cccs2)B(O)O1. The quantitative estimate of drug-likeness (QED) is 0.335. The number of thiophene rings is 1. The zero-order chi connectivity index (χ0) is 14.5. The summed E-state index contributed by atoms with van der Waals surface area (Å²) in [7, 11) is -1.03. The van der Waals surface area contributed by atoms with E-state index in [2.05, 4.69) is 10.5 Å². The molecular weight excluding hydrogens is 279 g/mol. The van der Waals surface area contributed by atoms with Crippen molar-refractivity contribution in [2.24, 2.45) is 5.16 Å². The molecule has 8 heteroatoms. The van der Waals surface area contributed by atoms with Crippen molar-refractivity contribution in [2.45, 2.75) is 38.2 Å². The van der Waals surface area contributed by atoms with Gasteiger partial charge in [0.15, 0.2) is 5.71 Å². The van der Waals surface area contributed by atoms with E-state index in [1.54, 1.807) is 17.5 Å². The zero-order valence-corrected chi connectivity index (χ0v) is 12.0. The second-order valence-electron chi connectivity index (χ2n) is 4.64. The molecule has 108 valence electrons. The first-order valence-electron chi connectivity index (χ1n) is 6.56. The number of amides is 1. The first-order chi connectivity index (χ1) is 9.65. The molecule has 0 saturated carbocycles. The Morgan fingerprint density at radius 2 is 2.45 bits per heavy atom. The Labute approximate surface area is 121 Å². The summed E-state index contributed by atoms with van der Waals surface area (Å²) in [6, 6.07) is 3.46. The van der Waals surface area contributed by atoms with Crippen LogP contribution in [-0.2, 0) is 9.45 Å². The highest BCUT2D eigenvalue weighted by atomic mass is 32.1. The van der Waals surface area contributed by atoms with Gasteiger partial charge in [0.05, 0.1) is 10.8 Å². The summed E-state index contributed by atoms with van der Waals surface area (Å²) in [6.45, 7) is 1.99. The molecule has 1 aromatic heterocycles. The number of hydrogen-bond acceptors (Lipinski definition) is 6. The lowest BCUT2D eigenvalue weighted by Gasteiger charge is -2.30. The summed E-state index contributed by atoms with van der Waals surface area (Å²) in [4.78, 5) is 12.6. The minimum atomic E-state index is -1.03. The number of carbonyl (C=O) groups is 1. The van der Waals surface area contributed by atoms with E-state index >= 15 is 0 Å². The fourth-order valence-electron chi connectivity index (χ4n) is 2.17. The summed E-state index contributed by atoms with van der Waals surface area (Å²) in [5.41, 5.74) is -0.0511. The van der Waals surface area contributed by atoms with E-state index < -0.39 is 19.0 Å². The van der Waals surface area contributed by atoms with Gasteiger partial charge in [-0.2, -0.15) is 0 Å². The van der Waals surface area contributed by atoms with Crippen molar-refractivity contribution in [3.8, 4) is 0 Å². The normalized spacial score (nSPS) is 23.7. The van der Waals surface area contributed by atoms with Crippen molar-refractivity contribution < 1.29 is 19.7 Å². The van der Waals surface area contributed by atoms with Crippen molar-refractivity contribution in [3.05, 3.63) is 22.4 Å². The second-order valence-corrected chi connectivity index (χ2v) is 5.59. The standard InChI is InChI=1S/C12H17BN2O4S/c1-2-8-5-6-10(13(17)19-8)14-12(16)11(15-18)9-4-3-7-20-9/h3-4,7-8,10,17-18H,2,5-6H2,1H3,(H,14,16)/b15-11+. The molecule has 0 bridgehead atoms. The van der Waals surface area contributed by atoms with Crippen LogP contribution in [0.3, 0.4) is 0 Å². The molecule has 0 radical (unpaired) electrons. The van der Waals surface area contributed by atoms with E-state index in [1.165, 1.54) is 11.3 Å². The Bertz CT molecular complexity index is 480. The number of oxime groups is 1. The average molecular weight is 296 g/mol. The minimum absolute atomic E-state index is 0.0291. The van der Waals surface area contributed by atoms with Crippen LogP contribution in [-0.4, -0.2) is 41.0 Å². The van der Waals surface area contributed by atoms with Gasteiger partial charge in [0.2, 0.25) is 0 Å². The number of nitrogens with zero attached hydrogens (tertiary/aromatic N) is 1. The monoisotopic (exact) mass is 296 g/mol. The van der Waals surface area contributed by atoms with E-state index in [0.29, 0.717) is 11.3 Å². The molecule has 2 rings (SSSR count). The van der Waals surface area contributed by atoms with Crippen molar-refractivity contribution in [3.63, 3.8) is 0 Å². The molecule has 0 aromatic carbocycles. The Hall–Kier alpha value is -1.38. The van der Waals surface area contributed by atoms with Crippen LogP contribution in [0.15, 0.2) is 22.7 Å². The van der Waals surface area contributed by atoms with E-state index in [9.17, 15) is 9.82 Å². The molecule has 1 saturated heterocycles. The second kappa shape index (κ2) is 6.87. The molecule has 1 aromatic rings. The van der Waals surface area contributed by atoms with Gasteiger partial charge < -0.3 is 20.2 Å². The van der Waals surface area contributed by atoms with Gasteiger partial charge in [-0.05, 0) is 30.7 Å². The van der Waals surface area contributed by atoms with Gasteiger partial charge >= 0.3 is 7.12 Å². The molecule has 0 aliphatic carbocycles. The van der Waals surface area contributed by atoms with Gasteiger partial charge in [0, 0.05) is 6.10 Å². The van der Waals surface area contributed by atoms with Crippen molar-refractivity contribution in [1.29, 1.82) is 0 Å². The summed E-state index contributed by atoms with van der Waals surface area (Å²) in [5.74, 6) is -1.00. The van der Waals surface area contributed by atoms with Gasteiger partial charge in [-0.15, -0.1) is 11.3 Å². The van der Waals surface area contributed by atoms with Crippen LogP contribution in [0.2, 0.25) is 0 Å². The molecule has 3 N–H and O–H groups in total. The van der Waals surface area contributed by atoms with E-state index in [1.807, 2.05) is 6.92 Å². The Balaban J connectivity index is 1.98. The minimum Gasteiger partial charge on any atom is -0.426 e. The predicted molar refractivity (Wildman–Crippen MR) is 76.9 cm³/mol. The van der Waals surface area contributed by atoms with Crippen LogP contribution in [0.1, 0.15) is 31.1 Å². The number of rotatable bonds is 4. The molecule has 1 amide bonds. The molecule has 2 unspecified atom stereocenters. The first-order valence-corrected chi connectivity index (χ1v) is 7.44. The number of hydrogen-bond donors (Lipinski definition) is 3. The topological polar surface area (TPSA) is 91.2 Å². The Morgan fingerprint density at radius 1 is 1.65 bits per heavy atom. The maximum atomic E-state index is 12.1. The predicted octanol–water partition coefficient (Wildman–Crippen LogP) is 1.02. The van der Waals surface area contributed by atoms with Gasteiger partial charge in [0.1, 0.15) is 0 Å². The van der Waals surface area contributed by atoms with Crippen molar-refractivity contribution in [1.82, 2.24) is 5.32 Å². The summed E-state index contributed by atoms with van der Waals surface area (Å²) in [6.07, 6.45) is 2.27. The van der Waals surface area contributed by atoms with Crippen LogP contribution in [0.4, 0.5) is 0 Å². The van der Waals surface area contributed by atoms with E-state index in [4.69, 9.17) is 9.86 Å². The van der Waals surface area contributed by atoms with Gasteiger partial charge in [-0.1, -0.05) is 18.1 Å². The summed E-state index contributed by atoms with van der Waals surface area (Å²) in [5, 5.41) is 26.3. The third kappa shape index (κ3) is 3.39. The summed E-state index contributed by atoms with van der Waals surface area (Å²) < 4.78 is 5.39. The van der Waals surface area contributed by atoms with Crippen LogP contribution >= 0.6 is 11.3 Å². The molecule has 0 spiro atoms. The third-order valence-electron chi connectivity index (χ3n) is 3.32. The zero-order valence-electron chi connectivity index (χ0n) is 11.2. The lowest BCUT2D eigenvalue weighted by atomic mass is 9.72. The fraction of sp³-hybridized carbons (Fsp3) is 0.500. The van der Waals surface area contributed by atoms with Crippen LogP contribution in [0, 0.1) is 0 Å². The van der Waals surface area contributed by atoms with Crippen LogP contribution < -0.4 is 5.32 Å². The highest BCUT2D eigenvalue weighted by Crippen LogP contribution is 2.18. The number of nitrogens with one attached hydrogen (secondary N) is 1. The molecule has 2 heterocycles. The molecule has 20 heavy (non-hydrogen) atoms. The summed E-state index contributed by atoms with van der Waals surface area (Å²) >= 11 is 1.31. The molecule has 6 nitrogen and oxygen atoms in total. The van der Waals surface area contributed by atoms with Gasteiger partial charge in [0.25, 0.3) is 5.91 Å². The van der Waals surface area contributed by atoms with Crippen molar-refractivity contribution in [2.75, 3.05) is 0 Å². The van der Waals surface area contributed by atoms with Crippen molar-refractivity contribution >= 4 is 30.1 Å². The smallest absolute Gasteiger partial charge is 0.426 e. The lowest BCUT2D eigenvalue weighted by molar-refractivity contribution is -0.115. The maximum absolute atomic E-state index is 12.1.